The number of nitrogens with zero attached hydrogens (tertiary/aromatic N) is 2. The van der Waals surface area contributed by atoms with Crippen LogP contribution in [0.25, 0.3) is 0 Å². The Kier molecular flexibility index (Phi) is 4.79. The predicted octanol–water partition coefficient (Wildman–Crippen LogP) is 2.80. The molecule has 1 heterocycles. The first-order valence-corrected chi connectivity index (χ1v) is 7.40. The number of hydrogen-bond donors (Lipinski definition) is 1. The lowest BCUT2D eigenvalue weighted by Crippen LogP contribution is -2.37. The molecule has 5 nitrogen and oxygen atoms in total. The molecule has 0 unspecified atom stereocenters. The molecular formula is C16H21N3O2. The zero-order chi connectivity index (χ0) is 15.3. The standard InChI is InChI=1S/C16H21N3O2/c1-3-21-15(20)16(8-4-5-9-16)11-18-14-7-6-12(2)13(10-17)19-14/h6-7H,3-5,8-9,11H2,1-2H3,(H,18,19). The van der Waals surface area contributed by atoms with Crippen LogP contribution in [-0.4, -0.2) is 24.1 Å². The third-order valence-corrected chi connectivity index (χ3v) is 4.08. The second-order valence-electron chi connectivity index (χ2n) is 5.54. The maximum absolute atomic E-state index is 12.2. The lowest BCUT2D eigenvalue weighted by molar-refractivity contribution is -0.154. The van der Waals surface area contributed by atoms with E-state index < -0.39 is 5.41 Å². The summed E-state index contributed by atoms with van der Waals surface area (Å²) in [4.78, 5) is 16.5. The molecule has 1 aromatic rings. The minimum absolute atomic E-state index is 0.123. The van der Waals surface area contributed by atoms with Gasteiger partial charge in [-0.1, -0.05) is 18.9 Å². The molecule has 1 aliphatic carbocycles. The smallest absolute Gasteiger partial charge is 0.313 e. The van der Waals surface area contributed by atoms with Crippen LogP contribution >= 0.6 is 0 Å². The molecule has 5 heteroatoms. The highest BCUT2D eigenvalue weighted by atomic mass is 16.5. The van der Waals surface area contributed by atoms with Crippen LogP contribution in [0.15, 0.2) is 12.1 Å². The van der Waals surface area contributed by atoms with E-state index in [-0.39, 0.29) is 5.97 Å². The highest BCUT2D eigenvalue weighted by molar-refractivity contribution is 5.78. The Hall–Kier alpha value is -2.09. The number of anilines is 1. The third kappa shape index (κ3) is 3.33. The summed E-state index contributed by atoms with van der Waals surface area (Å²) in [5.41, 5.74) is 0.815. The lowest BCUT2D eigenvalue weighted by Gasteiger charge is -2.26. The maximum Gasteiger partial charge on any atom is 0.313 e. The number of rotatable bonds is 5. The number of pyridine rings is 1. The lowest BCUT2D eigenvalue weighted by atomic mass is 9.86. The molecule has 0 radical (unpaired) electrons. The zero-order valence-corrected chi connectivity index (χ0v) is 12.6. The van der Waals surface area contributed by atoms with Crippen LogP contribution in [0.3, 0.4) is 0 Å². The first kappa shape index (κ1) is 15.3. The SMILES string of the molecule is CCOC(=O)C1(CNc2ccc(C)c(C#N)n2)CCCC1. The first-order valence-electron chi connectivity index (χ1n) is 7.40. The summed E-state index contributed by atoms with van der Waals surface area (Å²) in [6.45, 7) is 4.59. The van der Waals surface area contributed by atoms with Gasteiger partial charge in [-0.3, -0.25) is 4.79 Å². The average molecular weight is 287 g/mol. The topological polar surface area (TPSA) is 75.0 Å². The van der Waals surface area contributed by atoms with E-state index in [1.54, 1.807) is 0 Å². The van der Waals surface area contributed by atoms with Gasteiger partial charge in [0.25, 0.3) is 0 Å². The van der Waals surface area contributed by atoms with Gasteiger partial charge in [-0.25, -0.2) is 4.98 Å². The van der Waals surface area contributed by atoms with Crippen molar-refractivity contribution in [1.29, 1.82) is 5.26 Å². The normalized spacial score (nSPS) is 16.2. The number of carbonyl (C=O) groups is 1. The number of nitriles is 1. The number of aryl methyl sites for hydroxylation is 1. The number of ether oxygens (including phenoxy) is 1. The summed E-state index contributed by atoms with van der Waals surface area (Å²) in [6.07, 6.45) is 3.78. The summed E-state index contributed by atoms with van der Waals surface area (Å²) in [7, 11) is 0. The van der Waals surface area contributed by atoms with Crippen molar-refractivity contribution in [3.63, 3.8) is 0 Å². The van der Waals surface area contributed by atoms with Gasteiger partial charge in [0.1, 0.15) is 17.6 Å². The number of aromatic nitrogens is 1. The van der Waals surface area contributed by atoms with Crippen molar-refractivity contribution in [3.8, 4) is 6.07 Å². The highest BCUT2D eigenvalue weighted by Gasteiger charge is 2.42. The highest BCUT2D eigenvalue weighted by Crippen LogP contribution is 2.39. The summed E-state index contributed by atoms with van der Waals surface area (Å²) >= 11 is 0. The fraction of sp³-hybridized carbons (Fsp3) is 0.562. The Morgan fingerprint density at radius 2 is 2.19 bits per heavy atom. The van der Waals surface area contributed by atoms with Gasteiger partial charge in [0, 0.05) is 6.54 Å². The fourth-order valence-corrected chi connectivity index (χ4v) is 2.79. The molecular weight excluding hydrogens is 266 g/mol. The summed E-state index contributed by atoms with van der Waals surface area (Å²) < 4.78 is 5.23. The van der Waals surface area contributed by atoms with Crippen LogP contribution in [0.4, 0.5) is 5.82 Å². The second-order valence-corrected chi connectivity index (χ2v) is 5.54. The van der Waals surface area contributed by atoms with Gasteiger partial charge in [0.2, 0.25) is 0 Å². The second kappa shape index (κ2) is 6.57. The van der Waals surface area contributed by atoms with E-state index in [9.17, 15) is 4.79 Å². The van der Waals surface area contributed by atoms with Crippen molar-refractivity contribution in [3.05, 3.63) is 23.4 Å². The van der Waals surface area contributed by atoms with E-state index >= 15 is 0 Å². The van der Waals surface area contributed by atoms with Crippen molar-refractivity contribution in [1.82, 2.24) is 4.98 Å². The number of nitrogens with one attached hydrogen (secondary N) is 1. The number of esters is 1. The van der Waals surface area contributed by atoms with Crippen LogP contribution in [-0.2, 0) is 9.53 Å². The van der Waals surface area contributed by atoms with Crippen molar-refractivity contribution in [2.24, 2.45) is 5.41 Å². The van der Waals surface area contributed by atoms with E-state index in [2.05, 4.69) is 16.4 Å². The Labute approximate surface area is 125 Å². The molecule has 1 N–H and O–H groups in total. The number of hydrogen-bond acceptors (Lipinski definition) is 5. The molecule has 0 amide bonds. The molecule has 0 saturated heterocycles. The molecule has 112 valence electrons. The van der Waals surface area contributed by atoms with Gasteiger partial charge in [0.05, 0.1) is 12.0 Å². The molecule has 0 atom stereocenters. The van der Waals surface area contributed by atoms with Crippen molar-refractivity contribution < 1.29 is 9.53 Å². The van der Waals surface area contributed by atoms with E-state index in [1.807, 2.05) is 26.0 Å². The number of carbonyl (C=O) groups excluding carboxylic acids is 1. The molecule has 1 aliphatic rings. The molecule has 0 aliphatic heterocycles. The van der Waals surface area contributed by atoms with Gasteiger partial charge in [-0.15, -0.1) is 0 Å². The van der Waals surface area contributed by atoms with Crippen molar-refractivity contribution in [2.75, 3.05) is 18.5 Å². The molecule has 0 spiro atoms. The van der Waals surface area contributed by atoms with Gasteiger partial charge < -0.3 is 10.1 Å². The molecule has 0 aromatic carbocycles. The zero-order valence-electron chi connectivity index (χ0n) is 12.6. The van der Waals surface area contributed by atoms with Crippen LogP contribution < -0.4 is 5.32 Å². The first-order chi connectivity index (χ1) is 10.1. The Morgan fingerprint density at radius 3 is 2.81 bits per heavy atom. The largest absolute Gasteiger partial charge is 0.466 e. The molecule has 1 saturated carbocycles. The Bertz CT molecular complexity index is 557. The van der Waals surface area contributed by atoms with Crippen molar-refractivity contribution >= 4 is 11.8 Å². The van der Waals surface area contributed by atoms with E-state index in [0.717, 1.165) is 31.2 Å². The van der Waals surface area contributed by atoms with Crippen molar-refractivity contribution in [2.45, 2.75) is 39.5 Å². The molecule has 2 rings (SSSR count). The Morgan fingerprint density at radius 1 is 1.48 bits per heavy atom. The van der Waals surface area contributed by atoms with Gasteiger partial charge in [0.15, 0.2) is 0 Å². The quantitative estimate of drug-likeness (QED) is 0.843. The Balaban J connectivity index is 2.09. The van der Waals surface area contributed by atoms with E-state index in [0.29, 0.717) is 24.7 Å². The van der Waals surface area contributed by atoms with Gasteiger partial charge in [-0.2, -0.15) is 5.26 Å². The predicted molar refractivity (Wildman–Crippen MR) is 79.7 cm³/mol. The summed E-state index contributed by atoms with van der Waals surface area (Å²) in [5.74, 6) is 0.510. The summed E-state index contributed by atoms with van der Waals surface area (Å²) in [6, 6.07) is 5.77. The molecule has 0 bridgehead atoms. The summed E-state index contributed by atoms with van der Waals surface area (Å²) in [5, 5.41) is 12.2. The van der Waals surface area contributed by atoms with E-state index in [4.69, 9.17) is 10.00 Å². The minimum atomic E-state index is -0.449. The molecule has 1 fully saturated rings. The molecule has 21 heavy (non-hydrogen) atoms. The maximum atomic E-state index is 12.2. The van der Waals surface area contributed by atoms with Crippen LogP contribution in [0, 0.1) is 23.7 Å². The minimum Gasteiger partial charge on any atom is -0.466 e. The van der Waals surface area contributed by atoms with Crippen LogP contribution in [0.2, 0.25) is 0 Å². The molecule has 1 aromatic heterocycles. The van der Waals surface area contributed by atoms with E-state index in [1.165, 1.54) is 0 Å². The van der Waals surface area contributed by atoms with Crippen LogP contribution in [0.1, 0.15) is 43.9 Å². The van der Waals surface area contributed by atoms with Crippen LogP contribution in [0.5, 0.6) is 0 Å². The van der Waals surface area contributed by atoms with Gasteiger partial charge >= 0.3 is 5.97 Å². The van der Waals surface area contributed by atoms with Gasteiger partial charge in [-0.05, 0) is 38.3 Å². The fourth-order valence-electron chi connectivity index (χ4n) is 2.79. The monoisotopic (exact) mass is 287 g/mol. The average Bonchev–Trinajstić information content (AvgIpc) is 2.97. The third-order valence-electron chi connectivity index (χ3n) is 4.08.